The molecule has 2 aliphatic rings. The van der Waals surface area contributed by atoms with E-state index in [-0.39, 0.29) is 11.8 Å². The number of ether oxygens (including phenoxy) is 2. The second-order valence-electron chi connectivity index (χ2n) is 9.71. The molecule has 7 heteroatoms. The summed E-state index contributed by atoms with van der Waals surface area (Å²) in [6.45, 7) is 7.34. The summed E-state index contributed by atoms with van der Waals surface area (Å²) in [4.78, 5) is 25.8. The molecule has 2 amide bonds. The lowest BCUT2D eigenvalue weighted by atomic mass is 9.81. The molecule has 0 radical (unpaired) electrons. The molecule has 0 saturated carbocycles. The van der Waals surface area contributed by atoms with Crippen LogP contribution in [0.5, 0.6) is 11.5 Å². The van der Waals surface area contributed by atoms with Crippen LogP contribution in [0.15, 0.2) is 48.5 Å². The van der Waals surface area contributed by atoms with Crippen LogP contribution in [-0.4, -0.2) is 62.7 Å². The number of hydrogen-bond acceptors (Lipinski definition) is 5. The summed E-state index contributed by atoms with van der Waals surface area (Å²) >= 11 is 0. The number of nitrogens with zero attached hydrogens (tertiary/aromatic N) is 1. The maximum Gasteiger partial charge on any atom is 0.251 e. The molecule has 2 aromatic carbocycles. The molecular formula is C29H39N3O4. The fourth-order valence-electron chi connectivity index (χ4n) is 4.95. The van der Waals surface area contributed by atoms with Gasteiger partial charge < -0.3 is 25.0 Å². The number of nitrogens with one attached hydrogen (secondary N) is 2. The maximum absolute atomic E-state index is 12.2. The Hall–Kier alpha value is -3.06. The fraction of sp³-hybridized carbons (Fsp3) is 0.517. The highest BCUT2D eigenvalue weighted by molar-refractivity contribution is 5.94. The Labute approximate surface area is 214 Å². The first-order valence-electron chi connectivity index (χ1n) is 13.4. The van der Waals surface area contributed by atoms with Crippen LogP contribution >= 0.6 is 0 Å². The van der Waals surface area contributed by atoms with Gasteiger partial charge in [-0.15, -0.1) is 0 Å². The number of carbonyl (C=O) groups is 2. The predicted molar refractivity (Wildman–Crippen MR) is 141 cm³/mol. The van der Waals surface area contributed by atoms with Gasteiger partial charge >= 0.3 is 0 Å². The van der Waals surface area contributed by atoms with Gasteiger partial charge in [0.25, 0.3) is 5.91 Å². The number of rotatable bonds is 12. The zero-order valence-corrected chi connectivity index (χ0v) is 21.3. The van der Waals surface area contributed by atoms with Crippen molar-refractivity contribution in [2.75, 3.05) is 45.9 Å². The molecule has 4 rings (SSSR count). The monoisotopic (exact) mass is 493 g/mol. The number of unbranched alkanes of at least 4 members (excludes halogenated alkanes) is 1. The van der Waals surface area contributed by atoms with E-state index in [1.54, 1.807) is 0 Å². The number of carbonyl (C=O) groups excluding carboxylic acids is 2. The normalized spacial score (nSPS) is 19.8. The van der Waals surface area contributed by atoms with Gasteiger partial charge in [-0.05, 0) is 73.7 Å². The van der Waals surface area contributed by atoms with Crippen molar-refractivity contribution in [1.29, 1.82) is 0 Å². The molecular weight excluding hydrogens is 454 g/mol. The van der Waals surface area contributed by atoms with Crippen LogP contribution in [0, 0.1) is 5.92 Å². The van der Waals surface area contributed by atoms with Crippen molar-refractivity contribution < 1.29 is 19.1 Å². The van der Waals surface area contributed by atoms with Crippen LogP contribution in [0.25, 0.3) is 0 Å². The molecule has 0 aromatic heterocycles. The Bertz CT molecular complexity index is 977. The second-order valence-corrected chi connectivity index (χ2v) is 9.71. The van der Waals surface area contributed by atoms with Crippen LogP contribution in [0.3, 0.4) is 0 Å². The zero-order valence-electron chi connectivity index (χ0n) is 21.3. The quantitative estimate of drug-likeness (QED) is 0.437. The van der Waals surface area contributed by atoms with Crippen LogP contribution < -0.4 is 20.1 Å². The number of piperidine rings is 1. The van der Waals surface area contributed by atoms with Gasteiger partial charge in [0.15, 0.2) is 0 Å². The lowest BCUT2D eigenvalue weighted by Gasteiger charge is -2.32. The van der Waals surface area contributed by atoms with Crippen molar-refractivity contribution in [2.24, 2.45) is 5.92 Å². The van der Waals surface area contributed by atoms with Crippen molar-refractivity contribution in [3.8, 4) is 11.5 Å². The van der Waals surface area contributed by atoms with Crippen LogP contribution in [-0.2, 0) is 4.79 Å². The summed E-state index contributed by atoms with van der Waals surface area (Å²) in [5, 5.41) is 6.44. The summed E-state index contributed by atoms with van der Waals surface area (Å²) < 4.78 is 12.0. The third-order valence-corrected chi connectivity index (χ3v) is 7.11. The minimum atomic E-state index is -0.0384. The highest BCUT2D eigenvalue weighted by Gasteiger charge is 2.27. The fourth-order valence-corrected chi connectivity index (χ4v) is 4.95. The van der Waals surface area contributed by atoms with E-state index in [1.165, 1.54) is 5.56 Å². The Kier molecular flexibility index (Phi) is 9.61. The molecule has 2 heterocycles. The summed E-state index contributed by atoms with van der Waals surface area (Å²) in [6.07, 6.45) is 4.72. The van der Waals surface area contributed by atoms with Gasteiger partial charge in [-0.3, -0.25) is 9.59 Å². The molecule has 2 saturated heterocycles. The molecule has 2 aromatic rings. The first-order valence-corrected chi connectivity index (χ1v) is 13.4. The SMILES string of the molecule is CCCCNC(=O)c1ccc(OC[C@@H]2CNCC[C@H]2c2ccc(OCCN3CCCC3=O)cc2)cc1. The smallest absolute Gasteiger partial charge is 0.251 e. The van der Waals surface area contributed by atoms with Gasteiger partial charge in [0.1, 0.15) is 18.1 Å². The van der Waals surface area contributed by atoms with E-state index >= 15 is 0 Å². The van der Waals surface area contributed by atoms with Gasteiger partial charge in [-0.1, -0.05) is 25.5 Å². The van der Waals surface area contributed by atoms with Gasteiger partial charge in [0.05, 0.1) is 13.2 Å². The lowest BCUT2D eigenvalue weighted by molar-refractivity contribution is -0.128. The van der Waals surface area contributed by atoms with E-state index in [9.17, 15) is 9.59 Å². The average molecular weight is 494 g/mol. The first kappa shape index (κ1) is 26.0. The summed E-state index contributed by atoms with van der Waals surface area (Å²) in [5.74, 6) is 2.57. The van der Waals surface area contributed by atoms with Crippen molar-refractivity contribution >= 4 is 11.8 Å². The summed E-state index contributed by atoms with van der Waals surface area (Å²) in [7, 11) is 0. The van der Waals surface area contributed by atoms with Crippen molar-refractivity contribution in [2.45, 2.75) is 44.9 Å². The van der Waals surface area contributed by atoms with E-state index in [0.29, 0.717) is 50.1 Å². The molecule has 0 spiro atoms. The number of amides is 2. The molecule has 7 nitrogen and oxygen atoms in total. The minimum absolute atomic E-state index is 0.0384. The molecule has 2 N–H and O–H groups in total. The molecule has 2 fully saturated rings. The third-order valence-electron chi connectivity index (χ3n) is 7.11. The molecule has 2 aliphatic heterocycles. The standard InChI is InChI=1S/C29H39N3O4/c1-2-3-15-31-29(34)23-8-12-26(13-9-23)36-21-24-20-30-16-14-27(24)22-6-10-25(11-7-22)35-19-18-32-17-4-5-28(32)33/h6-13,24,27,30H,2-5,14-21H2,1H3,(H,31,34)/t24-,27-/m0/s1. The Morgan fingerprint density at radius 3 is 2.56 bits per heavy atom. The molecule has 0 unspecified atom stereocenters. The topological polar surface area (TPSA) is 79.9 Å². The summed E-state index contributed by atoms with van der Waals surface area (Å²) in [5.41, 5.74) is 1.95. The van der Waals surface area contributed by atoms with Gasteiger partial charge in [0.2, 0.25) is 5.91 Å². The number of likely N-dealkylation sites (tertiary alicyclic amines) is 1. The highest BCUT2D eigenvalue weighted by Crippen LogP contribution is 2.32. The van der Waals surface area contributed by atoms with E-state index < -0.39 is 0 Å². The van der Waals surface area contributed by atoms with Crippen molar-refractivity contribution in [1.82, 2.24) is 15.5 Å². The molecule has 2 atom stereocenters. The Morgan fingerprint density at radius 1 is 1.08 bits per heavy atom. The minimum Gasteiger partial charge on any atom is -0.493 e. The van der Waals surface area contributed by atoms with Gasteiger partial charge in [-0.2, -0.15) is 0 Å². The van der Waals surface area contributed by atoms with Crippen LogP contribution in [0.2, 0.25) is 0 Å². The van der Waals surface area contributed by atoms with E-state index in [0.717, 1.165) is 56.8 Å². The molecule has 194 valence electrons. The summed E-state index contributed by atoms with van der Waals surface area (Å²) in [6, 6.07) is 15.8. The third kappa shape index (κ3) is 7.23. The van der Waals surface area contributed by atoms with Gasteiger partial charge in [-0.25, -0.2) is 0 Å². The van der Waals surface area contributed by atoms with Crippen molar-refractivity contribution in [3.63, 3.8) is 0 Å². The Balaban J connectivity index is 1.26. The lowest BCUT2D eigenvalue weighted by Crippen LogP contribution is -2.38. The molecule has 0 bridgehead atoms. The molecule has 0 aliphatic carbocycles. The van der Waals surface area contributed by atoms with E-state index in [4.69, 9.17) is 9.47 Å². The second kappa shape index (κ2) is 13.3. The van der Waals surface area contributed by atoms with E-state index in [2.05, 4.69) is 29.7 Å². The number of benzene rings is 2. The maximum atomic E-state index is 12.2. The molecule has 36 heavy (non-hydrogen) atoms. The Morgan fingerprint density at radius 2 is 1.83 bits per heavy atom. The van der Waals surface area contributed by atoms with Crippen LogP contribution in [0.1, 0.15) is 60.9 Å². The van der Waals surface area contributed by atoms with Gasteiger partial charge in [0, 0.05) is 37.5 Å². The first-order chi connectivity index (χ1) is 17.6. The zero-order chi connectivity index (χ0) is 25.2. The average Bonchev–Trinajstić information content (AvgIpc) is 3.33. The highest BCUT2D eigenvalue weighted by atomic mass is 16.5. The van der Waals surface area contributed by atoms with Crippen LogP contribution in [0.4, 0.5) is 0 Å². The predicted octanol–water partition coefficient (Wildman–Crippen LogP) is 3.99. The number of hydrogen-bond donors (Lipinski definition) is 2. The van der Waals surface area contributed by atoms with Crippen molar-refractivity contribution in [3.05, 3.63) is 59.7 Å². The largest absolute Gasteiger partial charge is 0.493 e. The van der Waals surface area contributed by atoms with E-state index in [1.807, 2.05) is 41.3 Å².